The summed E-state index contributed by atoms with van der Waals surface area (Å²) in [6.07, 6.45) is 3.04. The number of thioether (sulfide) groups is 1. The molecule has 1 atom stereocenters. The second kappa shape index (κ2) is 10.6. The van der Waals surface area contributed by atoms with Gasteiger partial charge in [-0.15, -0.1) is 5.10 Å². The largest absolute Gasteiger partial charge is 0.490 e. The summed E-state index contributed by atoms with van der Waals surface area (Å²) in [5.74, 6) is 2.33. The van der Waals surface area contributed by atoms with Crippen LogP contribution in [0, 0.1) is 0 Å². The highest BCUT2D eigenvalue weighted by Gasteiger charge is 2.33. The molecule has 168 valence electrons. The molecule has 9 heteroatoms. The summed E-state index contributed by atoms with van der Waals surface area (Å²) >= 11 is 1.58. The van der Waals surface area contributed by atoms with Crippen LogP contribution in [0.25, 0.3) is 0 Å². The molecular formula is C22H31N5O3S. The molecule has 1 aliphatic heterocycles. The molecule has 0 spiro atoms. The van der Waals surface area contributed by atoms with E-state index in [0.717, 1.165) is 30.6 Å². The first-order chi connectivity index (χ1) is 15.0. The third-order valence-corrected chi connectivity index (χ3v) is 5.92. The van der Waals surface area contributed by atoms with E-state index in [1.807, 2.05) is 32.0 Å². The number of anilines is 1. The molecule has 31 heavy (non-hydrogen) atoms. The van der Waals surface area contributed by atoms with Gasteiger partial charge in [0.15, 0.2) is 11.5 Å². The minimum Gasteiger partial charge on any atom is -0.490 e. The van der Waals surface area contributed by atoms with Crippen LogP contribution < -0.4 is 20.5 Å². The summed E-state index contributed by atoms with van der Waals surface area (Å²) in [6, 6.07) is 5.22. The molecule has 3 rings (SSSR count). The number of ether oxygens (including phenoxy) is 2. The van der Waals surface area contributed by atoms with E-state index in [2.05, 4.69) is 29.2 Å². The number of hydrogen-bond donors (Lipinski definition) is 2. The van der Waals surface area contributed by atoms with Gasteiger partial charge in [-0.2, -0.15) is 4.98 Å². The molecular weight excluding hydrogens is 414 g/mol. The highest BCUT2D eigenvalue weighted by Crippen LogP contribution is 2.39. The standard InChI is InChI=1S/C22H31N5O3S/c1-5-8-11-30-16-10-9-15(13-17(16)29-7-3)19-18(20(23)28)14(4)24-21-25-22(26-27(19)21)31-12-6-2/h9-10,13,19H,5-8,11-12H2,1-4H3,(H2,23,28)(H,24,25,26). The maximum atomic E-state index is 12.4. The lowest BCUT2D eigenvalue weighted by atomic mass is 9.95. The van der Waals surface area contributed by atoms with E-state index in [0.29, 0.717) is 47.1 Å². The topological polar surface area (TPSA) is 104 Å². The third kappa shape index (κ3) is 5.15. The summed E-state index contributed by atoms with van der Waals surface area (Å²) in [5, 5.41) is 8.50. The van der Waals surface area contributed by atoms with Crippen LogP contribution in [0.4, 0.5) is 5.95 Å². The van der Waals surface area contributed by atoms with Gasteiger partial charge < -0.3 is 20.5 Å². The Kier molecular flexibility index (Phi) is 7.84. The van der Waals surface area contributed by atoms with Crippen molar-refractivity contribution >= 4 is 23.6 Å². The summed E-state index contributed by atoms with van der Waals surface area (Å²) < 4.78 is 13.5. The smallest absolute Gasteiger partial charge is 0.248 e. The molecule has 1 aromatic heterocycles. The Hall–Kier alpha value is -2.68. The van der Waals surface area contributed by atoms with E-state index >= 15 is 0 Å². The Balaban J connectivity index is 2.04. The van der Waals surface area contributed by atoms with Gasteiger partial charge in [0.1, 0.15) is 6.04 Å². The number of unbranched alkanes of at least 4 members (excludes halogenated alkanes) is 1. The number of fused-ring (bicyclic) bond motifs is 1. The fourth-order valence-electron chi connectivity index (χ4n) is 3.42. The average Bonchev–Trinajstić information content (AvgIpc) is 3.14. The van der Waals surface area contributed by atoms with Gasteiger partial charge >= 0.3 is 0 Å². The van der Waals surface area contributed by atoms with E-state index < -0.39 is 11.9 Å². The molecule has 1 unspecified atom stereocenters. The minimum absolute atomic E-state index is 0.451. The zero-order chi connectivity index (χ0) is 22.4. The molecule has 2 heterocycles. The number of nitrogens with one attached hydrogen (secondary N) is 1. The second-order valence-electron chi connectivity index (χ2n) is 7.28. The van der Waals surface area contributed by atoms with Crippen LogP contribution in [0.15, 0.2) is 34.6 Å². The summed E-state index contributed by atoms with van der Waals surface area (Å²) in [6.45, 7) is 9.12. The van der Waals surface area contributed by atoms with Crippen LogP contribution in [0.2, 0.25) is 0 Å². The van der Waals surface area contributed by atoms with Gasteiger partial charge in [-0.05, 0) is 44.4 Å². The van der Waals surface area contributed by atoms with Gasteiger partial charge in [0.2, 0.25) is 17.0 Å². The molecule has 3 N–H and O–H groups in total. The molecule has 0 aliphatic carbocycles. The first-order valence-corrected chi connectivity index (χ1v) is 11.7. The van der Waals surface area contributed by atoms with E-state index in [9.17, 15) is 4.79 Å². The number of aromatic nitrogens is 3. The normalized spacial score (nSPS) is 15.4. The van der Waals surface area contributed by atoms with Gasteiger partial charge in [0, 0.05) is 11.4 Å². The van der Waals surface area contributed by atoms with E-state index in [4.69, 9.17) is 15.2 Å². The fourth-order valence-corrected chi connectivity index (χ4v) is 4.11. The molecule has 0 fully saturated rings. The first kappa shape index (κ1) is 23.0. The molecule has 0 saturated carbocycles. The van der Waals surface area contributed by atoms with Crippen molar-refractivity contribution in [1.29, 1.82) is 0 Å². The van der Waals surface area contributed by atoms with Crippen LogP contribution >= 0.6 is 11.8 Å². The van der Waals surface area contributed by atoms with E-state index in [1.54, 1.807) is 16.4 Å². The number of amides is 1. The Bertz CT molecular complexity index is 957. The van der Waals surface area contributed by atoms with Gasteiger partial charge in [-0.25, -0.2) is 4.68 Å². The number of rotatable bonds is 11. The lowest BCUT2D eigenvalue weighted by Crippen LogP contribution is -2.31. The SMILES string of the molecule is CCCCOc1ccc(C2C(C(N)=O)=C(C)Nc3nc(SCCC)nn32)cc1OCC. The minimum atomic E-state index is -0.500. The molecule has 0 radical (unpaired) electrons. The predicted molar refractivity (Wildman–Crippen MR) is 123 cm³/mol. The molecule has 1 amide bonds. The van der Waals surface area contributed by atoms with Crippen LogP contribution in [0.3, 0.4) is 0 Å². The number of allylic oxidation sites excluding steroid dienone is 1. The first-order valence-electron chi connectivity index (χ1n) is 10.8. The van der Waals surface area contributed by atoms with Crippen molar-refractivity contribution in [3.63, 3.8) is 0 Å². The maximum absolute atomic E-state index is 12.4. The number of nitrogens with zero attached hydrogens (tertiary/aromatic N) is 3. The summed E-state index contributed by atoms with van der Waals surface area (Å²) in [7, 11) is 0. The third-order valence-electron chi connectivity index (χ3n) is 4.87. The number of primary amides is 1. The average molecular weight is 446 g/mol. The molecule has 0 saturated heterocycles. The van der Waals surface area contributed by atoms with Crippen LogP contribution in [0.5, 0.6) is 11.5 Å². The summed E-state index contributed by atoms with van der Waals surface area (Å²) in [4.78, 5) is 17.0. The van der Waals surface area contributed by atoms with E-state index in [-0.39, 0.29) is 0 Å². The number of nitrogens with two attached hydrogens (primary N) is 1. The highest BCUT2D eigenvalue weighted by atomic mass is 32.2. The maximum Gasteiger partial charge on any atom is 0.248 e. The zero-order valence-corrected chi connectivity index (χ0v) is 19.4. The van der Waals surface area contributed by atoms with Crippen molar-refractivity contribution in [2.45, 2.75) is 58.2 Å². The number of carbonyl (C=O) groups is 1. The quantitative estimate of drug-likeness (QED) is 0.396. The molecule has 2 aromatic rings. The predicted octanol–water partition coefficient (Wildman–Crippen LogP) is 4.13. The summed E-state index contributed by atoms with van der Waals surface area (Å²) in [5.41, 5.74) is 7.73. The van der Waals surface area contributed by atoms with Gasteiger partial charge in [0.25, 0.3) is 0 Å². The molecule has 8 nitrogen and oxygen atoms in total. The number of hydrogen-bond acceptors (Lipinski definition) is 7. The van der Waals surface area contributed by atoms with Gasteiger partial charge in [-0.3, -0.25) is 4.79 Å². The number of benzene rings is 1. The highest BCUT2D eigenvalue weighted by molar-refractivity contribution is 7.99. The molecule has 1 aromatic carbocycles. The van der Waals surface area contributed by atoms with Crippen molar-refractivity contribution in [3.8, 4) is 11.5 Å². The second-order valence-corrected chi connectivity index (χ2v) is 8.34. The Morgan fingerprint density at radius 1 is 1.23 bits per heavy atom. The van der Waals surface area contributed by atoms with Crippen molar-refractivity contribution < 1.29 is 14.3 Å². The Morgan fingerprint density at radius 3 is 2.71 bits per heavy atom. The molecule has 0 bridgehead atoms. The van der Waals surface area contributed by atoms with Gasteiger partial charge in [-0.1, -0.05) is 38.1 Å². The van der Waals surface area contributed by atoms with Crippen molar-refractivity contribution in [1.82, 2.24) is 14.8 Å². The lowest BCUT2D eigenvalue weighted by molar-refractivity contribution is -0.115. The molecule has 1 aliphatic rings. The van der Waals surface area contributed by atoms with E-state index in [1.165, 1.54) is 0 Å². The monoisotopic (exact) mass is 445 g/mol. The van der Waals surface area contributed by atoms with Crippen molar-refractivity contribution in [3.05, 3.63) is 35.0 Å². The van der Waals surface area contributed by atoms with Crippen molar-refractivity contribution in [2.75, 3.05) is 24.3 Å². The van der Waals surface area contributed by atoms with Crippen LogP contribution in [-0.4, -0.2) is 39.6 Å². The Morgan fingerprint density at radius 2 is 2.03 bits per heavy atom. The van der Waals surface area contributed by atoms with Crippen molar-refractivity contribution in [2.24, 2.45) is 5.73 Å². The number of carbonyl (C=O) groups excluding carboxylic acids is 1. The van der Waals surface area contributed by atoms with Crippen LogP contribution in [-0.2, 0) is 4.79 Å². The Labute approximate surface area is 187 Å². The zero-order valence-electron chi connectivity index (χ0n) is 18.6. The van der Waals surface area contributed by atoms with Crippen LogP contribution in [0.1, 0.15) is 58.6 Å². The fraction of sp³-hybridized carbons (Fsp3) is 0.500. The van der Waals surface area contributed by atoms with Gasteiger partial charge in [0.05, 0.1) is 18.8 Å². The lowest BCUT2D eigenvalue weighted by Gasteiger charge is -2.28.